The molecule has 3 nitrogen and oxygen atoms in total. The number of pyridine rings is 1. The molecule has 1 aromatic heterocycles. The van der Waals surface area contributed by atoms with Crippen LogP contribution in [0.25, 0.3) is 0 Å². The van der Waals surface area contributed by atoms with Gasteiger partial charge in [0.25, 0.3) is 0 Å². The third kappa shape index (κ3) is 2.76. The highest BCUT2D eigenvalue weighted by molar-refractivity contribution is 5.37. The first kappa shape index (κ1) is 12.2. The zero-order valence-electron chi connectivity index (χ0n) is 11.0. The van der Waals surface area contributed by atoms with Gasteiger partial charge in [0.1, 0.15) is 5.75 Å². The van der Waals surface area contributed by atoms with E-state index in [4.69, 9.17) is 10.5 Å². The SMILES string of the molecule is Cc1cnccc1C(N)c1ccc(OC2CC2)cc1. The molecule has 1 aliphatic rings. The zero-order chi connectivity index (χ0) is 13.2. The van der Waals surface area contributed by atoms with Gasteiger partial charge >= 0.3 is 0 Å². The average molecular weight is 254 g/mol. The Morgan fingerprint density at radius 3 is 2.58 bits per heavy atom. The van der Waals surface area contributed by atoms with Gasteiger partial charge in [0.2, 0.25) is 0 Å². The van der Waals surface area contributed by atoms with Gasteiger partial charge in [-0.3, -0.25) is 4.98 Å². The Balaban J connectivity index is 1.79. The van der Waals surface area contributed by atoms with Gasteiger partial charge in [0, 0.05) is 12.4 Å². The van der Waals surface area contributed by atoms with Crippen LogP contribution in [0.2, 0.25) is 0 Å². The summed E-state index contributed by atoms with van der Waals surface area (Å²) in [6, 6.07) is 9.96. The first-order valence-corrected chi connectivity index (χ1v) is 6.67. The van der Waals surface area contributed by atoms with Crippen LogP contribution in [0, 0.1) is 6.92 Å². The largest absolute Gasteiger partial charge is 0.490 e. The lowest BCUT2D eigenvalue weighted by atomic mass is 9.97. The van der Waals surface area contributed by atoms with E-state index in [1.54, 1.807) is 6.20 Å². The van der Waals surface area contributed by atoms with Crippen LogP contribution in [0.15, 0.2) is 42.7 Å². The molecule has 0 spiro atoms. The van der Waals surface area contributed by atoms with Crippen LogP contribution in [0.4, 0.5) is 0 Å². The fourth-order valence-electron chi connectivity index (χ4n) is 2.14. The molecule has 1 unspecified atom stereocenters. The van der Waals surface area contributed by atoms with E-state index in [0.29, 0.717) is 6.10 Å². The summed E-state index contributed by atoms with van der Waals surface area (Å²) in [5, 5.41) is 0. The Hall–Kier alpha value is -1.87. The number of nitrogens with zero attached hydrogens (tertiary/aromatic N) is 1. The minimum Gasteiger partial charge on any atom is -0.490 e. The second-order valence-electron chi connectivity index (χ2n) is 5.10. The molecule has 0 radical (unpaired) electrons. The van der Waals surface area contributed by atoms with Gasteiger partial charge in [-0.1, -0.05) is 12.1 Å². The number of benzene rings is 1. The van der Waals surface area contributed by atoms with Crippen molar-refractivity contribution in [3.63, 3.8) is 0 Å². The number of aromatic nitrogens is 1. The lowest BCUT2D eigenvalue weighted by Gasteiger charge is -2.15. The fraction of sp³-hybridized carbons (Fsp3) is 0.312. The smallest absolute Gasteiger partial charge is 0.119 e. The van der Waals surface area contributed by atoms with Crippen LogP contribution in [0.1, 0.15) is 35.6 Å². The van der Waals surface area contributed by atoms with Crippen molar-refractivity contribution >= 4 is 0 Å². The molecule has 0 aliphatic heterocycles. The zero-order valence-corrected chi connectivity index (χ0v) is 11.0. The standard InChI is InChI=1S/C16H18N2O/c1-11-10-18-9-8-15(11)16(17)12-2-4-13(5-3-12)19-14-6-7-14/h2-5,8-10,14,16H,6-7,17H2,1H3. The second kappa shape index (κ2) is 5.02. The van der Waals surface area contributed by atoms with Crippen molar-refractivity contribution in [3.8, 4) is 5.75 Å². The van der Waals surface area contributed by atoms with Crippen molar-refractivity contribution in [2.75, 3.05) is 0 Å². The normalized spacial score (nSPS) is 16.1. The highest BCUT2D eigenvalue weighted by Gasteiger charge is 2.23. The quantitative estimate of drug-likeness (QED) is 0.912. The summed E-state index contributed by atoms with van der Waals surface area (Å²) in [5.74, 6) is 0.935. The molecule has 3 rings (SSSR count). The summed E-state index contributed by atoms with van der Waals surface area (Å²) in [5.41, 5.74) is 9.64. The van der Waals surface area contributed by atoms with E-state index in [0.717, 1.165) is 22.4 Å². The minimum atomic E-state index is -0.113. The average Bonchev–Trinajstić information content (AvgIpc) is 3.23. The van der Waals surface area contributed by atoms with Gasteiger partial charge in [0.05, 0.1) is 12.1 Å². The molecule has 0 bridgehead atoms. The van der Waals surface area contributed by atoms with E-state index in [1.807, 2.05) is 43.5 Å². The predicted molar refractivity (Wildman–Crippen MR) is 75.1 cm³/mol. The molecular weight excluding hydrogens is 236 g/mol. The monoisotopic (exact) mass is 254 g/mol. The molecule has 2 N–H and O–H groups in total. The Morgan fingerprint density at radius 2 is 1.95 bits per heavy atom. The molecule has 98 valence electrons. The number of hydrogen-bond acceptors (Lipinski definition) is 3. The van der Waals surface area contributed by atoms with Crippen molar-refractivity contribution in [1.29, 1.82) is 0 Å². The maximum atomic E-state index is 6.31. The van der Waals surface area contributed by atoms with Crippen molar-refractivity contribution in [2.45, 2.75) is 31.9 Å². The number of ether oxygens (including phenoxy) is 1. The van der Waals surface area contributed by atoms with E-state index in [-0.39, 0.29) is 6.04 Å². The van der Waals surface area contributed by atoms with Crippen LogP contribution in [-0.4, -0.2) is 11.1 Å². The molecule has 1 aliphatic carbocycles. The lowest BCUT2D eigenvalue weighted by molar-refractivity contribution is 0.303. The highest BCUT2D eigenvalue weighted by atomic mass is 16.5. The third-order valence-electron chi connectivity index (χ3n) is 3.47. The van der Waals surface area contributed by atoms with Gasteiger partial charge in [0.15, 0.2) is 0 Å². The van der Waals surface area contributed by atoms with Crippen molar-refractivity contribution in [2.24, 2.45) is 5.73 Å². The maximum Gasteiger partial charge on any atom is 0.119 e. The minimum absolute atomic E-state index is 0.113. The molecule has 1 saturated carbocycles. The van der Waals surface area contributed by atoms with Crippen LogP contribution < -0.4 is 10.5 Å². The predicted octanol–water partition coefficient (Wildman–Crippen LogP) is 2.98. The van der Waals surface area contributed by atoms with Crippen molar-refractivity contribution < 1.29 is 4.74 Å². The fourth-order valence-corrected chi connectivity index (χ4v) is 2.14. The summed E-state index contributed by atoms with van der Waals surface area (Å²) < 4.78 is 5.74. The van der Waals surface area contributed by atoms with Crippen molar-refractivity contribution in [1.82, 2.24) is 4.98 Å². The molecule has 0 saturated heterocycles. The highest BCUT2D eigenvalue weighted by Crippen LogP contribution is 2.28. The lowest BCUT2D eigenvalue weighted by Crippen LogP contribution is -2.13. The Labute approximate surface area is 113 Å². The van der Waals surface area contributed by atoms with Gasteiger partial charge in [-0.2, -0.15) is 0 Å². The van der Waals surface area contributed by atoms with Gasteiger partial charge < -0.3 is 10.5 Å². The molecule has 19 heavy (non-hydrogen) atoms. The number of aryl methyl sites for hydroxylation is 1. The molecule has 2 aromatic rings. The molecule has 1 aromatic carbocycles. The number of rotatable bonds is 4. The summed E-state index contributed by atoms with van der Waals surface area (Å²) in [7, 11) is 0. The summed E-state index contributed by atoms with van der Waals surface area (Å²) in [6.07, 6.45) is 6.42. The topological polar surface area (TPSA) is 48.1 Å². The van der Waals surface area contributed by atoms with E-state index < -0.39 is 0 Å². The molecule has 1 heterocycles. The summed E-state index contributed by atoms with van der Waals surface area (Å²) >= 11 is 0. The van der Waals surface area contributed by atoms with E-state index in [1.165, 1.54) is 12.8 Å². The van der Waals surface area contributed by atoms with Crippen LogP contribution in [-0.2, 0) is 0 Å². The third-order valence-corrected chi connectivity index (χ3v) is 3.47. The molecule has 1 fully saturated rings. The molecule has 3 heteroatoms. The van der Waals surface area contributed by atoms with Crippen LogP contribution >= 0.6 is 0 Å². The molecular formula is C16H18N2O. The Morgan fingerprint density at radius 1 is 1.21 bits per heavy atom. The molecule has 0 amide bonds. The Kier molecular flexibility index (Phi) is 3.22. The first-order chi connectivity index (χ1) is 9.24. The van der Waals surface area contributed by atoms with E-state index >= 15 is 0 Å². The van der Waals surface area contributed by atoms with E-state index in [9.17, 15) is 0 Å². The summed E-state index contributed by atoms with van der Waals surface area (Å²) in [6.45, 7) is 2.03. The van der Waals surface area contributed by atoms with Crippen molar-refractivity contribution in [3.05, 3.63) is 59.4 Å². The maximum absolute atomic E-state index is 6.31. The van der Waals surface area contributed by atoms with Crippen LogP contribution in [0.5, 0.6) is 5.75 Å². The number of nitrogens with two attached hydrogens (primary N) is 1. The van der Waals surface area contributed by atoms with E-state index in [2.05, 4.69) is 4.98 Å². The number of hydrogen-bond donors (Lipinski definition) is 1. The van der Waals surface area contributed by atoms with Gasteiger partial charge in [-0.15, -0.1) is 0 Å². The van der Waals surface area contributed by atoms with Gasteiger partial charge in [-0.05, 0) is 54.7 Å². The second-order valence-corrected chi connectivity index (χ2v) is 5.10. The van der Waals surface area contributed by atoms with Crippen LogP contribution in [0.3, 0.4) is 0 Å². The Bertz CT molecular complexity index is 561. The molecule has 1 atom stereocenters. The summed E-state index contributed by atoms with van der Waals surface area (Å²) in [4.78, 5) is 4.10. The van der Waals surface area contributed by atoms with Gasteiger partial charge in [-0.25, -0.2) is 0 Å². The first-order valence-electron chi connectivity index (χ1n) is 6.67.